The number of esters is 2. The predicted octanol–water partition coefficient (Wildman–Crippen LogP) is 10.3. The smallest absolute Gasteiger partial charge is 0.306 e. The number of quaternary nitrogens is 1. The van der Waals surface area contributed by atoms with Crippen LogP contribution in [0.3, 0.4) is 0 Å². The van der Waals surface area contributed by atoms with Crippen molar-refractivity contribution in [3.05, 3.63) is 48.6 Å². The zero-order chi connectivity index (χ0) is 41.4. The number of rotatable bonds is 40. The Morgan fingerprint density at radius 1 is 0.536 bits per heavy atom. The van der Waals surface area contributed by atoms with Gasteiger partial charge in [0.05, 0.1) is 40.3 Å². The molecule has 56 heavy (non-hydrogen) atoms. The number of allylic oxidation sites excluding steroid dienone is 8. The molecule has 0 aromatic carbocycles. The third-order valence-corrected chi connectivity index (χ3v) is 9.30. The number of nitrogens with zero attached hydrogens (tertiary/aromatic N) is 1. The van der Waals surface area contributed by atoms with E-state index in [0.29, 0.717) is 17.4 Å². The van der Waals surface area contributed by atoms with Crippen molar-refractivity contribution < 1.29 is 42.9 Å². The molecule has 0 amide bonds. The Morgan fingerprint density at radius 3 is 1.46 bits per heavy atom. The van der Waals surface area contributed by atoms with Gasteiger partial charge in [-0.1, -0.05) is 140 Å². The van der Waals surface area contributed by atoms with E-state index in [9.17, 15) is 19.5 Å². The largest absolute Gasteiger partial charge is 0.545 e. The van der Waals surface area contributed by atoms with Crippen molar-refractivity contribution in [2.75, 3.05) is 47.5 Å². The molecular formula is C47H83NO8. The molecule has 0 radical (unpaired) electrons. The number of carbonyl (C=O) groups excluding carboxylic acids is 3. The van der Waals surface area contributed by atoms with Crippen LogP contribution < -0.4 is 5.11 Å². The number of hydrogen-bond donors (Lipinski definition) is 0. The minimum Gasteiger partial charge on any atom is -0.545 e. The zero-order valence-electron chi connectivity index (χ0n) is 36.5. The van der Waals surface area contributed by atoms with Gasteiger partial charge in [-0.2, -0.15) is 0 Å². The third kappa shape index (κ3) is 39.5. The van der Waals surface area contributed by atoms with E-state index in [-0.39, 0.29) is 38.6 Å². The number of carbonyl (C=O) groups is 3. The molecule has 0 aliphatic heterocycles. The number of carboxylic acid groups (broad SMARTS) is 1. The van der Waals surface area contributed by atoms with Crippen LogP contribution in [-0.2, 0) is 33.3 Å². The van der Waals surface area contributed by atoms with Crippen LogP contribution in [0.15, 0.2) is 48.6 Å². The molecule has 0 heterocycles. The molecule has 0 aliphatic rings. The van der Waals surface area contributed by atoms with Crippen LogP contribution in [0.1, 0.15) is 174 Å². The second-order valence-corrected chi connectivity index (χ2v) is 16.0. The van der Waals surface area contributed by atoms with Gasteiger partial charge >= 0.3 is 11.9 Å². The number of likely N-dealkylation sites (N-methyl/N-ethyl adjacent to an activating group) is 1. The Bertz CT molecular complexity index is 1060. The van der Waals surface area contributed by atoms with Gasteiger partial charge in [0.15, 0.2) is 12.4 Å². The number of hydrogen-bond acceptors (Lipinski definition) is 8. The maximum atomic E-state index is 12.7. The van der Waals surface area contributed by atoms with E-state index in [4.69, 9.17) is 18.9 Å². The van der Waals surface area contributed by atoms with Gasteiger partial charge in [-0.05, 0) is 70.6 Å². The van der Waals surface area contributed by atoms with Crippen molar-refractivity contribution in [3.8, 4) is 0 Å². The molecule has 0 aromatic rings. The average molecular weight is 790 g/mol. The number of aliphatic carboxylic acids is 1. The van der Waals surface area contributed by atoms with Gasteiger partial charge < -0.3 is 33.3 Å². The van der Waals surface area contributed by atoms with Crippen molar-refractivity contribution >= 4 is 17.9 Å². The van der Waals surface area contributed by atoms with Crippen LogP contribution in [-0.4, -0.2) is 82.3 Å². The normalized spacial score (nSPS) is 13.4. The Kier molecular flexibility index (Phi) is 37.2. The first-order valence-corrected chi connectivity index (χ1v) is 22.3. The van der Waals surface area contributed by atoms with Gasteiger partial charge in [-0.15, -0.1) is 0 Å². The molecule has 0 N–H and O–H groups in total. The monoisotopic (exact) mass is 790 g/mol. The minimum atomic E-state index is -1.63. The lowest BCUT2D eigenvalue weighted by Crippen LogP contribution is -2.44. The average Bonchev–Trinajstić information content (AvgIpc) is 3.15. The molecule has 0 rings (SSSR count). The van der Waals surface area contributed by atoms with Gasteiger partial charge in [-0.3, -0.25) is 9.59 Å². The summed E-state index contributed by atoms with van der Waals surface area (Å²) < 4.78 is 22.5. The van der Waals surface area contributed by atoms with E-state index in [1.54, 1.807) is 0 Å². The first-order valence-electron chi connectivity index (χ1n) is 22.3. The Labute approximate surface area is 342 Å². The first kappa shape index (κ1) is 53.2. The summed E-state index contributed by atoms with van der Waals surface area (Å²) in [6, 6.07) is 0. The van der Waals surface area contributed by atoms with Crippen LogP contribution in [0.2, 0.25) is 0 Å². The van der Waals surface area contributed by atoms with Crippen molar-refractivity contribution in [1.82, 2.24) is 0 Å². The summed E-state index contributed by atoms with van der Waals surface area (Å²) in [5, 5.41) is 11.7. The van der Waals surface area contributed by atoms with Crippen LogP contribution in [0.5, 0.6) is 0 Å². The van der Waals surface area contributed by atoms with Gasteiger partial charge in [0.2, 0.25) is 0 Å². The van der Waals surface area contributed by atoms with E-state index >= 15 is 0 Å². The highest BCUT2D eigenvalue weighted by molar-refractivity contribution is 5.70. The van der Waals surface area contributed by atoms with Crippen LogP contribution in [0, 0.1) is 0 Å². The predicted molar refractivity (Wildman–Crippen MR) is 228 cm³/mol. The fourth-order valence-corrected chi connectivity index (χ4v) is 5.76. The summed E-state index contributed by atoms with van der Waals surface area (Å²) in [6.07, 6.45) is 41.3. The lowest BCUT2D eigenvalue weighted by Gasteiger charge is -2.26. The maximum Gasteiger partial charge on any atom is 0.306 e. The van der Waals surface area contributed by atoms with Crippen LogP contribution in [0.25, 0.3) is 0 Å². The molecule has 2 unspecified atom stereocenters. The Hall–Kier alpha value is -2.75. The summed E-state index contributed by atoms with van der Waals surface area (Å²) in [6.45, 7) is 4.63. The van der Waals surface area contributed by atoms with Crippen molar-refractivity contribution in [2.45, 2.75) is 187 Å². The van der Waals surface area contributed by atoms with E-state index in [1.165, 1.54) is 57.8 Å². The second kappa shape index (κ2) is 39.1. The minimum absolute atomic E-state index is 0.142. The molecule has 0 aliphatic carbocycles. The lowest BCUT2D eigenvalue weighted by molar-refractivity contribution is -0.870. The van der Waals surface area contributed by atoms with Gasteiger partial charge in [0.1, 0.15) is 13.2 Å². The highest BCUT2D eigenvalue weighted by Crippen LogP contribution is 2.13. The number of unbranched alkanes of at least 4 members (excludes halogenated alkanes) is 17. The van der Waals surface area contributed by atoms with Crippen LogP contribution >= 0.6 is 0 Å². The molecule has 0 saturated carbocycles. The molecule has 9 heteroatoms. The van der Waals surface area contributed by atoms with Crippen LogP contribution in [0.4, 0.5) is 0 Å². The lowest BCUT2D eigenvalue weighted by atomic mass is 10.1. The van der Waals surface area contributed by atoms with E-state index in [1.807, 2.05) is 21.1 Å². The molecule has 0 spiro atoms. The molecule has 0 saturated heterocycles. The fourth-order valence-electron chi connectivity index (χ4n) is 5.76. The van der Waals surface area contributed by atoms with Gasteiger partial charge in [0.25, 0.3) is 0 Å². The highest BCUT2D eigenvalue weighted by Gasteiger charge is 2.21. The summed E-state index contributed by atoms with van der Waals surface area (Å²) in [4.78, 5) is 36.9. The molecule has 324 valence electrons. The summed E-state index contributed by atoms with van der Waals surface area (Å²) in [7, 11) is 5.89. The zero-order valence-corrected chi connectivity index (χ0v) is 36.5. The standard InChI is InChI=1S/C47H83NO8/c1-6-8-10-12-14-16-18-20-22-23-24-26-28-30-32-34-36-38-45(50)56-43(42-55-47(46(51)52)53-40-39-48(3,4)5)41-54-44(49)37-35-33-31-29-27-25-21-19-17-15-13-11-9-7-2/h13-16,19-22,43,47H,6-12,17-18,23-42H2,1-5H3/b15-13-,16-14-,21-19-,22-20-. The third-order valence-electron chi connectivity index (χ3n) is 9.30. The molecule has 0 bridgehead atoms. The SMILES string of the molecule is CCCC/C=C\C/C=C\CCCCCCCC(=O)OCC(COC(OCC[N+](C)(C)C)C(=O)[O-])OC(=O)CCCCCCCCC/C=C\C/C=C\CCCCC. The van der Waals surface area contributed by atoms with E-state index < -0.39 is 24.3 Å². The van der Waals surface area contributed by atoms with Crippen molar-refractivity contribution in [2.24, 2.45) is 0 Å². The topological polar surface area (TPSA) is 111 Å². The van der Waals surface area contributed by atoms with Gasteiger partial charge in [-0.25, -0.2) is 0 Å². The number of carboxylic acids is 1. The summed E-state index contributed by atoms with van der Waals surface area (Å²) >= 11 is 0. The first-order chi connectivity index (χ1) is 27.1. The molecule has 0 aromatic heterocycles. The summed E-state index contributed by atoms with van der Waals surface area (Å²) in [5.41, 5.74) is 0. The van der Waals surface area contributed by atoms with Gasteiger partial charge in [0, 0.05) is 12.8 Å². The summed E-state index contributed by atoms with van der Waals surface area (Å²) in [5.74, 6) is -2.32. The fraction of sp³-hybridized carbons (Fsp3) is 0.766. The Morgan fingerprint density at radius 2 is 0.982 bits per heavy atom. The van der Waals surface area contributed by atoms with E-state index in [2.05, 4.69) is 62.5 Å². The molecule has 9 nitrogen and oxygen atoms in total. The maximum absolute atomic E-state index is 12.7. The highest BCUT2D eigenvalue weighted by atomic mass is 16.7. The Balaban J connectivity index is 4.48. The van der Waals surface area contributed by atoms with Crippen molar-refractivity contribution in [1.29, 1.82) is 0 Å². The van der Waals surface area contributed by atoms with Crippen molar-refractivity contribution in [3.63, 3.8) is 0 Å². The quantitative estimate of drug-likeness (QED) is 0.0198. The number of ether oxygens (including phenoxy) is 4. The molecular weight excluding hydrogens is 707 g/mol. The second-order valence-electron chi connectivity index (χ2n) is 16.0. The molecule has 2 atom stereocenters. The molecule has 0 fully saturated rings. The van der Waals surface area contributed by atoms with E-state index in [0.717, 1.165) is 83.5 Å².